The third-order valence-electron chi connectivity index (χ3n) is 6.71. The number of benzene rings is 2. The minimum absolute atomic E-state index is 0.163. The summed E-state index contributed by atoms with van der Waals surface area (Å²) in [6, 6.07) is 13.5. The zero-order chi connectivity index (χ0) is 21.7. The number of hydrogen-bond donors (Lipinski definition) is 1. The first-order valence-corrected chi connectivity index (χ1v) is 11.2. The van der Waals surface area contributed by atoms with Gasteiger partial charge in [0.15, 0.2) is 5.82 Å². The number of phenols is 1. The summed E-state index contributed by atoms with van der Waals surface area (Å²) in [5.41, 5.74) is 8.23. The van der Waals surface area contributed by atoms with Crippen molar-refractivity contribution in [3.63, 3.8) is 0 Å². The van der Waals surface area contributed by atoms with E-state index >= 15 is 0 Å². The molecule has 3 aliphatic rings. The fourth-order valence-electron chi connectivity index (χ4n) is 5.32. The van der Waals surface area contributed by atoms with Crippen molar-refractivity contribution in [3.8, 4) is 34.3 Å². The largest absolute Gasteiger partial charge is 0.507 e. The second-order valence-electron chi connectivity index (χ2n) is 8.50. The third kappa shape index (κ3) is 2.98. The van der Waals surface area contributed by atoms with Crippen molar-refractivity contribution in [2.75, 3.05) is 6.61 Å². The monoisotopic (exact) mass is 420 g/mol. The highest BCUT2D eigenvalue weighted by molar-refractivity contribution is 5.76. The Balaban J connectivity index is 1.55. The zero-order valence-electron chi connectivity index (χ0n) is 18.0. The molecule has 0 aliphatic heterocycles. The number of nitrogens with zero attached hydrogens (tertiary/aromatic N) is 2. The summed E-state index contributed by atoms with van der Waals surface area (Å²) in [5.74, 6) is 2.02. The Morgan fingerprint density at radius 1 is 1.03 bits per heavy atom. The summed E-state index contributed by atoms with van der Waals surface area (Å²) in [6.07, 6.45) is 13.5. The van der Waals surface area contributed by atoms with Crippen LogP contribution in [0.4, 0.5) is 0 Å². The van der Waals surface area contributed by atoms with Crippen LogP contribution in [-0.4, -0.2) is 21.7 Å². The van der Waals surface area contributed by atoms with Gasteiger partial charge >= 0.3 is 0 Å². The average Bonchev–Trinajstić information content (AvgIpc) is 2.83. The molecule has 0 radical (unpaired) electrons. The molecule has 0 saturated heterocycles. The molecule has 0 saturated carbocycles. The Morgan fingerprint density at radius 3 is 2.81 bits per heavy atom. The number of phenolic OH excluding ortho intramolecular Hbond substituents is 1. The van der Waals surface area contributed by atoms with Crippen LogP contribution in [0.5, 0.6) is 11.6 Å². The molecule has 0 spiro atoms. The lowest BCUT2D eigenvalue weighted by Gasteiger charge is -2.38. The molecule has 4 nitrogen and oxygen atoms in total. The SMILES string of the molecule is CCOc1cc(-c2ccc3c4c2CCC2=CC=CC(C=C3)C24)nc(-c2ccccc2O)n1. The standard InChI is InChI=1S/C28H24N2O2/c1-2-32-25-16-23(29-28(30-25)22-8-3-4-9-24(22)31)20-14-12-19-11-10-17-6-5-7-18-13-15-21(20)27(19)26(17)18/h3-12,14,16-17,26,31H,2,13,15H2,1H3. The van der Waals surface area contributed by atoms with E-state index in [1.165, 1.54) is 22.3 Å². The molecule has 0 bridgehead atoms. The molecular formula is C28H24N2O2. The molecular weight excluding hydrogens is 396 g/mol. The molecule has 2 unspecified atom stereocenters. The van der Waals surface area contributed by atoms with E-state index in [4.69, 9.17) is 9.72 Å². The summed E-state index contributed by atoms with van der Waals surface area (Å²) in [6.45, 7) is 2.46. The first-order valence-electron chi connectivity index (χ1n) is 11.2. The maximum atomic E-state index is 10.4. The number of aromatic nitrogens is 2. The Labute approximate surface area is 187 Å². The molecule has 1 aromatic heterocycles. The first kappa shape index (κ1) is 19.1. The van der Waals surface area contributed by atoms with Crippen LogP contribution in [0.25, 0.3) is 28.7 Å². The van der Waals surface area contributed by atoms with Gasteiger partial charge in [0.1, 0.15) is 5.75 Å². The number of para-hydroxylation sites is 1. The summed E-state index contributed by atoms with van der Waals surface area (Å²) in [4.78, 5) is 9.47. The van der Waals surface area contributed by atoms with E-state index in [1.807, 2.05) is 25.1 Å². The van der Waals surface area contributed by atoms with Crippen LogP contribution in [0, 0.1) is 5.92 Å². The topological polar surface area (TPSA) is 55.2 Å². The maximum Gasteiger partial charge on any atom is 0.217 e. The van der Waals surface area contributed by atoms with Crippen LogP contribution >= 0.6 is 0 Å². The van der Waals surface area contributed by atoms with Crippen molar-refractivity contribution in [3.05, 3.63) is 89.0 Å². The third-order valence-corrected chi connectivity index (χ3v) is 6.71. The van der Waals surface area contributed by atoms with Crippen molar-refractivity contribution in [2.24, 2.45) is 5.92 Å². The predicted octanol–water partition coefficient (Wildman–Crippen LogP) is 6.08. The highest BCUT2D eigenvalue weighted by Gasteiger charge is 2.35. The van der Waals surface area contributed by atoms with E-state index < -0.39 is 0 Å². The number of aromatic hydroxyl groups is 1. The van der Waals surface area contributed by atoms with E-state index in [0.717, 1.165) is 24.1 Å². The highest BCUT2D eigenvalue weighted by Crippen LogP contribution is 2.50. The van der Waals surface area contributed by atoms with Crippen molar-refractivity contribution in [2.45, 2.75) is 25.7 Å². The van der Waals surface area contributed by atoms with Gasteiger partial charge in [-0.2, -0.15) is 4.98 Å². The molecule has 2 aromatic carbocycles. The van der Waals surface area contributed by atoms with E-state index in [9.17, 15) is 5.11 Å². The van der Waals surface area contributed by atoms with Crippen molar-refractivity contribution < 1.29 is 9.84 Å². The lowest BCUT2D eigenvalue weighted by atomic mass is 9.66. The van der Waals surface area contributed by atoms with E-state index in [0.29, 0.717) is 35.7 Å². The van der Waals surface area contributed by atoms with Gasteiger partial charge in [0.2, 0.25) is 5.88 Å². The van der Waals surface area contributed by atoms with Gasteiger partial charge in [0, 0.05) is 23.5 Å². The lowest BCUT2D eigenvalue weighted by Crippen LogP contribution is -2.24. The number of hydrogen-bond acceptors (Lipinski definition) is 4. The molecule has 1 heterocycles. The second kappa shape index (κ2) is 7.49. The van der Waals surface area contributed by atoms with Gasteiger partial charge in [-0.15, -0.1) is 0 Å². The Kier molecular flexibility index (Phi) is 4.46. The molecule has 158 valence electrons. The summed E-state index contributed by atoms with van der Waals surface area (Å²) >= 11 is 0. The molecule has 0 amide bonds. The molecule has 32 heavy (non-hydrogen) atoms. The quantitative estimate of drug-likeness (QED) is 0.555. The normalized spacial score (nSPS) is 20.0. The van der Waals surface area contributed by atoms with Crippen LogP contribution in [-0.2, 0) is 6.42 Å². The minimum atomic E-state index is 0.163. The van der Waals surface area contributed by atoms with Crippen LogP contribution in [0.2, 0.25) is 0 Å². The molecule has 3 aromatic rings. The molecule has 0 fully saturated rings. The van der Waals surface area contributed by atoms with Crippen LogP contribution in [0.1, 0.15) is 36.0 Å². The van der Waals surface area contributed by atoms with Gasteiger partial charge in [-0.05, 0) is 48.6 Å². The number of ether oxygens (including phenoxy) is 1. The van der Waals surface area contributed by atoms with Crippen LogP contribution in [0.3, 0.4) is 0 Å². The second-order valence-corrected chi connectivity index (χ2v) is 8.50. The van der Waals surface area contributed by atoms with Crippen molar-refractivity contribution in [1.82, 2.24) is 9.97 Å². The molecule has 4 heteroatoms. The van der Waals surface area contributed by atoms with Crippen molar-refractivity contribution in [1.29, 1.82) is 0 Å². The first-order chi connectivity index (χ1) is 15.7. The molecule has 3 aliphatic carbocycles. The zero-order valence-corrected chi connectivity index (χ0v) is 18.0. The highest BCUT2D eigenvalue weighted by atomic mass is 16.5. The van der Waals surface area contributed by atoms with Gasteiger partial charge < -0.3 is 9.84 Å². The molecule has 1 N–H and O–H groups in total. The number of allylic oxidation sites excluding steroid dienone is 5. The van der Waals surface area contributed by atoms with Crippen molar-refractivity contribution >= 4 is 6.08 Å². The van der Waals surface area contributed by atoms with Gasteiger partial charge in [-0.25, -0.2) is 4.98 Å². The Morgan fingerprint density at radius 2 is 1.94 bits per heavy atom. The molecule has 6 rings (SSSR count). The van der Waals surface area contributed by atoms with Crippen LogP contribution in [0.15, 0.2) is 72.3 Å². The maximum absolute atomic E-state index is 10.4. The van der Waals surface area contributed by atoms with E-state index in [2.05, 4.69) is 47.5 Å². The Bertz CT molecular complexity index is 1320. The number of rotatable bonds is 4. The van der Waals surface area contributed by atoms with Gasteiger partial charge in [-0.3, -0.25) is 0 Å². The summed E-state index contributed by atoms with van der Waals surface area (Å²) < 4.78 is 5.79. The van der Waals surface area contributed by atoms with Gasteiger partial charge in [-0.1, -0.05) is 60.2 Å². The van der Waals surface area contributed by atoms with Crippen LogP contribution < -0.4 is 4.74 Å². The smallest absolute Gasteiger partial charge is 0.217 e. The Hall–Kier alpha value is -3.66. The van der Waals surface area contributed by atoms with Gasteiger partial charge in [0.25, 0.3) is 0 Å². The lowest BCUT2D eigenvalue weighted by molar-refractivity contribution is 0.327. The average molecular weight is 421 g/mol. The minimum Gasteiger partial charge on any atom is -0.507 e. The fraction of sp³-hybridized carbons (Fsp3) is 0.214. The fourth-order valence-corrected chi connectivity index (χ4v) is 5.32. The summed E-state index contributed by atoms with van der Waals surface area (Å²) in [7, 11) is 0. The van der Waals surface area contributed by atoms with Gasteiger partial charge in [0.05, 0.1) is 17.9 Å². The van der Waals surface area contributed by atoms with E-state index in [1.54, 1.807) is 12.1 Å². The molecule has 2 atom stereocenters. The van der Waals surface area contributed by atoms with E-state index in [-0.39, 0.29) is 5.75 Å². The predicted molar refractivity (Wildman–Crippen MR) is 127 cm³/mol. The summed E-state index contributed by atoms with van der Waals surface area (Å²) in [5, 5.41) is 10.4.